The lowest BCUT2D eigenvalue weighted by molar-refractivity contribution is 0.0693. The van der Waals surface area contributed by atoms with Crippen LogP contribution < -0.4 is 5.32 Å². The van der Waals surface area contributed by atoms with Crippen LogP contribution in [0.5, 0.6) is 0 Å². The van der Waals surface area contributed by atoms with E-state index in [2.05, 4.69) is 10.2 Å². The fraction of sp³-hybridized carbons (Fsp3) is 0.400. The molecule has 1 aromatic rings. The van der Waals surface area contributed by atoms with E-state index in [0.717, 1.165) is 18.0 Å². The Morgan fingerprint density at radius 2 is 1.90 bits per heavy atom. The predicted octanol–water partition coefficient (Wildman–Crippen LogP) is 0.594. The average molecular weight is 289 g/mol. The molecule has 0 fully saturated rings. The molecule has 0 radical (unpaired) electrons. The van der Waals surface area contributed by atoms with Crippen molar-refractivity contribution in [3.8, 4) is 0 Å². The second-order valence-electron chi connectivity index (χ2n) is 5.08. The Balaban J connectivity index is 2.08. The Labute approximate surface area is 123 Å². The molecule has 6 nitrogen and oxygen atoms in total. The summed E-state index contributed by atoms with van der Waals surface area (Å²) in [5.41, 5.74) is 1.04. The summed E-state index contributed by atoms with van der Waals surface area (Å²) >= 11 is 0. The van der Waals surface area contributed by atoms with Crippen molar-refractivity contribution < 1.29 is 14.4 Å². The summed E-state index contributed by atoms with van der Waals surface area (Å²) in [6.07, 6.45) is 0. The van der Waals surface area contributed by atoms with Gasteiger partial charge >= 0.3 is 0 Å². The lowest BCUT2D eigenvalue weighted by atomic mass is 10.1. The van der Waals surface area contributed by atoms with Gasteiger partial charge in [0.05, 0.1) is 11.1 Å². The van der Waals surface area contributed by atoms with Crippen molar-refractivity contribution in [3.63, 3.8) is 0 Å². The van der Waals surface area contributed by atoms with Gasteiger partial charge in [0.1, 0.15) is 0 Å². The fourth-order valence-corrected chi connectivity index (χ4v) is 2.12. The summed E-state index contributed by atoms with van der Waals surface area (Å²) in [6, 6.07) is 4.59. The Bertz CT molecular complexity index is 598. The number of carbonyl (C=O) groups excluding carboxylic acids is 3. The van der Waals surface area contributed by atoms with E-state index in [9.17, 15) is 14.4 Å². The van der Waals surface area contributed by atoms with Crippen molar-refractivity contribution in [1.29, 1.82) is 0 Å². The van der Waals surface area contributed by atoms with Gasteiger partial charge in [-0.15, -0.1) is 0 Å². The van der Waals surface area contributed by atoms with Gasteiger partial charge in [0.2, 0.25) is 0 Å². The first-order chi connectivity index (χ1) is 9.95. The van der Waals surface area contributed by atoms with Crippen molar-refractivity contribution >= 4 is 17.7 Å². The summed E-state index contributed by atoms with van der Waals surface area (Å²) in [6.45, 7) is 4.25. The number of imide groups is 1. The molecule has 0 bridgehead atoms. The van der Waals surface area contributed by atoms with Crippen LogP contribution in [0.1, 0.15) is 38.0 Å². The van der Waals surface area contributed by atoms with Gasteiger partial charge in [-0.1, -0.05) is 6.92 Å². The van der Waals surface area contributed by atoms with Crippen LogP contribution in [-0.2, 0) is 0 Å². The van der Waals surface area contributed by atoms with Crippen molar-refractivity contribution in [2.75, 3.05) is 33.7 Å². The van der Waals surface area contributed by atoms with Crippen LogP contribution >= 0.6 is 0 Å². The van der Waals surface area contributed by atoms with E-state index in [1.54, 1.807) is 6.07 Å². The lowest BCUT2D eigenvalue weighted by Gasteiger charge is -2.14. The van der Waals surface area contributed by atoms with E-state index in [1.807, 2.05) is 14.0 Å². The molecule has 6 heteroatoms. The molecule has 112 valence electrons. The average Bonchev–Trinajstić information content (AvgIpc) is 2.71. The molecule has 1 N–H and O–H groups in total. The fourth-order valence-electron chi connectivity index (χ4n) is 2.12. The van der Waals surface area contributed by atoms with Crippen LogP contribution in [0, 0.1) is 0 Å². The van der Waals surface area contributed by atoms with E-state index in [0.29, 0.717) is 23.2 Å². The van der Waals surface area contributed by atoms with E-state index in [1.165, 1.54) is 19.2 Å². The lowest BCUT2D eigenvalue weighted by Crippen LogP contribution is -2.32. The highest BCUT2D eigenvalue weighted by molar-refractivity contribution is 6.21. The first-order valence-corrected chi connectivity index (χ1v) is 6.89. The first-order valence-electron chi connectivity index (χ1n) is 6.89. The second kappa shape index (κ2) is 6.05. The highest BCUT2D eigenvalue weighted by Gasteiger charge is 2.33. The first kappa shape index (κ1) is 15.2. The Kier molecular flexibility index (Phi) is 4.37. The third kappa shape index (κ3) is 2.95. The topological polar surface area (TPSA) is 69.7 Å². The molecular weight excluding hydrogens is 270 g/mol. The number of hydrogen-bond acceptors (Lipinski definition) is 4. The number of carbonyl (C=O) groups is 3. The summed E-state index contributed by atoms with van der Waals surface area (Å²) in [5.74, 6) is -0.931. The van der Waals surface area contributed by atoms with Gasteiger partial charge in [-0.2, -0.15) is 0 Å². The third-order valence-electron chi connectivity index (χ3n) is 3.67. The van der Waals surface area contributed by atoms with Crippen molar-refractivity contribution in [2.45, 2.75) is 6.92 Å². The molecule has 0 atom stereocenters. The molecule has 3 amide bonds. The van der Waals surface area contributed by atoms with Gasteiger partial charge in [0.25, 0.3) is 17.7 Å². The van der Waals surface area contributed by atoms with Gasteiger partial charge in [-0.05, 0) is 31.8 Å². The molecule has 21 heavy (non-hydrogen) atoms. The molecule has 0 aromatic heterocycles. The van der Waals surface area contributed by atoms with Gasteiger partial charge < -0.3 is 10.2 Å². The highest BCUT2D eigenvalue weighted by atomic mass is 16.2. The Morgan fingerprint density at radius 1 is 1.24 bits per heavy atom. The zero-order valence-electron chi connectivity index (χ0n) is 12.5. The monoisotopic (exact) mass is 289 g/mol. The molecule has 1 aromatic carbocycles. The zero-order chi connectivity index (χ0) is 15.6. The normalized spacial score (nSPS) is 13.8. The maximum absolute atomic E-state index is 12.0. The number of hydrogen-bond donors (Lipinski definition) is 1. The number of amides is 3. The molecular formula is C15H19N3O3. The summed E-state index contributed by atoms with van der Waals surface area (Å²) in [7, 11) is 3.41. The zero-order valence-corrected chi connectivity index (χ0v) is 12.5. The molecule has 0 spiro atoms. The van der Waals surface area contributed by atoms with Gasteiger partial charge in [-0.25, -0.2) is 0 Å². The molecule has 0 saturated heterocycles. The van der Waals surface area contributed by atoms with Gasteiger partial charge in [0, 0.05) is 25.7 Å². The van der Waals surface area contributed by atoms with E-state index >= 15 is 0 Å². The van der Waals surface area contributed by atoms with Crippen molar-refractivity contribution in [2.24, 2.45) is 0 Å². The quantitative estimate of drug-likeness (QED) is 0.806. The van der Waals surface area contributed by atoms with Gasteiger partial charge in [0.15, 0.2) is 0 Å². The molecule has 0 saturated carbocycles. The summed E-state index contributed by atoms with van der Waals surface area (Å²) in [4.78, 5) is 38.8. The molecule has 0 unspecified atom stereocenters. The van der Waals surface area contributed by atoms with Crippen LogP contribution in [-0.4, -0.2) is 61.3 Å². The number of likely N-dealkylation sites (N-methyl/N-ethyl adjacent to an activating group) is 1. The van der Waals surface area contributed by atoms with Crippen molar-refractivity contribution in [1.82, 2.24) is 15.1 Å². The molecule has 0 aliphatic carbocycles. The van der Waals surface area contributed by atoms with Crippen molar-refractivity contribution in [3.05, 3.63) is 34.9 Å². The maximum atomic E-state index is 12.0. The number of fused-ring (bicyclic) bond motifs is 1. The van der Waals surface area contributed by atoms with Gasteiger partial charge in [-0.3, -0.25) is 19.3 Å². The predicted molar refractivity (Wildman–Crippen MR) is 78.4 cm³/mol. The van der Waals surface area contributed by atoms with E-state index in [4.69, 9.17) is 0 Å². The van der Waals surface area contributed by atoms with Crippen LogP contribution in [0.3, 0.4) is 0 Å². The number of nitrogens with one attached hydrogen (secondary N) is 1. The standard InChI is InChI=1S/C15H19N3O3/c1-4-17(2)8-7-16-13(19)10-5-6-11-12(9-10)15(21)18(3)14(11)20/h5-6,9H,4,7-8H2,1-3H3,(H,16,19). The molecule has 1 heterocycles. The second-order valence-corrected chi connectivity index (χ2v) is 5.08. The Hall–Kier alpha value is -2.21. The smallest absolute Gasteiger partial charge is 0.261 e. The molecule has 1 aliphatic heterocycles. The van der Waals surface area contributed by atoms with Crippen LogP contribution in [0.2, 0.25) is 0 Å². The highest BCUT2D eigenvalue weighted by Crippen LogP contribution is 2.22. The largest absolute Gasteiger partial charge is 0.351 e. The Morgan fingerprint density at radius 3 is 2.57 bits per heavy atom. The summed E-state index contributed by atoms with van der Waals surface area (Å²) in [5, 5.41) is 2.80. The minimum atomic E-state index is -0.365. The van der Waals surface area contributed by atoms with Crippen LogP contribution in [0.4, 0.5) is 0 Å². The molecule has 2 rings (SSSR count). The number of rotatable bonds is 5. The minimum Gasteiger partial charge on any atom is -0.351 e. The van der Waals surface area contributed by atoms with E-state index < -0.39 is 0 Å². The maximum Gasteiger partial charge on any atom is 0.261 e. The van der Waals surface area contributed by atoms with Crippen LogP contribution in [0.15, 0.2) is 18.2 Å². The number of benzene rings is 1. The van der Waals surface area contributed by atoms with E-state index in [-0.39, 0.29) is 17.7 Å². The van der Waals surface area contributed by atoms with Crippen LogP contribution in [0.25, 0.3) is 0 Å². The number of nitrogens with zero attached hydrogens (tertiary/aromatic N) is 2. The third-order valence-corrected chi connectivity index (χ3v) is 3.67. The SMILES string of the molecule is CCN(C)CCNC(=O)c1ccc2c(c1)C(=O)N(C)C2=O. The summed E-state index contributed by atoms with van der Waals surface area (Å²) < 4.78 is 0. The molecule has 1 aliphatic rings. The minimum absolute atomic E-state index is 0.239.